The van der Waals surface area contributed by atoms with E-state index in [0.717, 1.165) is 12.3 Å². The van der Waals surface area contributed by atoms with Crippen LogP contribution in [0.2, 0.25) is 0 Å². The Kier molecular flexibility index (Phi) is 3.86. The monoisotopic (exact) mass is 214 g/mol. The summed E-state index contributed by atoms with van der Waals surface area (Å²) in [6.07, 6.45) is 3.62. The Morgan fingerprint density at radius 3 is 2.43 bits per heavy atom. The van der Waals surface area contributed by atoms with Crippen molar-refractivity contribution in [2.75, 3.05) is 5.75 Å². The summed E-state index contributed by atoms with van der Waals surface area (Å²) in [5.41, 5.74) is 0.0532. The number of aromatic nitrogens is 2. The molecule has 0 aliphatic heterocycles. The van der Waals surface area contributed by atoms with E-state index in [1.807, 2.05) is 6.20 Å². The quantitative estimate of drug-likeness (QED) is 0.753. The number of hydrogen-bond acceptors (Lipinski definition) is 2. The third-order valence-corrected chi connectivity index (χ3v) is 3.10. The zero-order valence-electron chi connectivity index (χ0n) is 8.97. The SMILES string of the molecule is CC(C)C(CS)Cn1ccn(C)c1=O. The van der Waals surface area contributed by atoms with Gasteiger partial charge >= 0.3 is 5.69 Å². The second-order valence-electron chi connectivity index (χ2n) is 4.03. The fourth-order valence-electron chi connectivity index (χ4n) is 1.38. The minimum absolute atomic E-state index is 0.0532. The van der Waals surface area contributed by atoms with Gasteiger partial charge in [-0.1, -0.05) is 13.8 Å². The van der Waals surface area contributed by atoms with E-state index in [0.29, 0.717) is 11.8 Å². The Bertz CT molecular complexity index is 340. The molecular formula is C10H18N2OS. The topological polar surface area (TPSA) is 26.9 Å². The summed E-state index contributed by atoms with van der Waals surface area (Å²) in [5.74, 6) is 1.83. The molecule has 4 heteroatoms. The van der Waals surface area contributed by atoms with Gasteiger partial charge in [0.25, 0.3) is 0 Å². The van der Waals surface area contributed by atoms with Gasteiger partial charge in [0.05, 0.1) is 0 Å². The molecule has 0 bridgehead atoms. The van der Waals surface area contributed by atoms with Crippen LogP contribution in [-0.2, 0) is 13.6 Å². The van der Waals surface area contributed by atoms with Crippen LogP contribution in [0.1, 0.15) is 13.8 Å². The molecule has 0 saturated heterocycles. The molecule has 1 aromatic rings. The van der Waals surface area contributed by atoms with Gasteiger partial charge in [0.1, 0.15) is 0 Å². The molecule has 0 N–H and O–H groups in total. The van der Waals surface area contributed by atoms with Crippen LogP contribution in [0.3, 0.4) is 0 Å². The average Bonchev–Trinajstić information content (AvgIpc) is 2.44. The lowest BCUT2D eigenvalue weighted by Crippen LogP contribution is -2.27. The highest BCUT2D eigenvalue weighted by Crippen LogP contribution is 2.13. The van der Waals surface area contributed by atoms with E-state index in [9.17, 15) is 4.79 Å². The maximum absolute atomic E-state index is 11.5. The summed E-state index contributed by atoms with van der Waals surface area (Å²) >= 11 is 4.30. The van der Waals surface area contributed by atoms with Crippen molar-refractivity contribution in [3.63, 3.8) is 0 Å². The second-order valence-corrected chi connectivity index (χ2v) is 4.40. The molecule has 14 heavy (non-hydrogen) atoms. The standard InChI is InChI=1S/C10H18N2OS/c1-8(2)9(7-14)6-12-5-4-11(3)10(12)13/h4-5,8-9,14H,6-7H2,1-3H3. The first-order valence-electron chi connectivity index (χ1n) is 4.89. The van der Waals surface area contributed by atoms with Crippen LogP contribution < -0.4 is 5.69 Å². The molecule has 0 amide bonds. The molecular weight excluding hydrogens is 196 g/mol. The van der Waals surface area contributed by atoms with Crippen LogP contribution in [0.4, 0.5) is 0 Å². The third-order valence-electron chi connectivity index (χ3n) is 2.63. The number of imidazole rings is 1. The molecule has 0 spiro atoms. The first kappa shape index (κ1) is 11.4. The van der Waals surface area contributed by atoms with E-state index >= 15 is 0 Å². The van der Waals surface area contributed by atoms with Gasteiger partial charge in [-0.15, -0.1) is 0 Å². The lowest BCUT2D eigenvalue weighted by atomic mass is 9.98. The Labute approximate surface area is 90.2 Å². The van der Waals surface area contributed by atoms with Gasteiger partial charge in [-0.25, -0.2) is 4.79 Å². The summed E-state index contributed by atoms with van der Waals surface area (Å²) in [7, 11) is 1.77. The molecule has 0 aliphatic carbocycles. The second kappa shape index (κ2) is 4.73. The molecule has 0 fully saturated rings. The normalized spacial score (nSPS) is 13.5. The van der Waals surface area contributed by atoms with Crippen LogP contribution >= 0.6 is 12.6 Å². The van der Waals surface area contributed by atoms with Crippen molar-refractivity contribution in [2.45, 2.75) is 20.4 Å². The highest BCUT2D eigenvalue weighted by atomic mass is 32.1. The van der Waals surface area contributed by atoms with Crippen LogP contribution in [0.5, 0.6) is 0 Å². The van der Waals surface area contributed by atoms with Gasteiger partial charge in [-0.2, -0.15) is 12.6 Å². The molecule has 1 aromatic heterocycles. The molecule has 1 unspecified atom stereocenters. The van der Waals surface area contributed by atoms with Crippen molar-refractivity contribution < 1.29 is 0 Å². The summed E-state index contributed by atoms with van der Waals surface area (Å²) in [5, 5.41) is 0. The minimum Gasteiger partial charge on any atom is -0.302 e. The van der Waals surface area contributed by atoms with Crippen molar-refractivity contribution in [3.8, 4) is 0 Å². The fraction of sp³-hybridized carbons (Fsp3) is 0.700. The van der Waals surface area contributed by atoms with Crippen molar-refractivity contribution >= 4 is 12.6 Å². The number of rotatable bonds is 4. The van der Waals surface area contributed by atoms with E-state index < -0.39 is 0 Å². The van der Waals surface area contributed by atoms with Crippen molar-refractivity contribution in [2.24, 2.45) is 18.9 Å². The summed E-state index contributed by atoms with van der Waals surface area (Å²) < 4.78 is 3.34. The lowest BCUT2D eigenvalue weighted by molar-refractivity contribution is 0.366. The van der Waals surface area contributed by atoms with E-state index in [2.05, 4.69) is 26.5 Å². The number of nitrogens with zero attached hydrogens (tertiary/aromatic N) is 2. The Balaban J connectivity index is 2.77. The van der Waals surface area contributed by atoms with E-state index in [1.165, 1.54) is 0 Å². The molecule has 1 atom stereocenters. The van der Waals surface area contributed by atoms with E-state index in [4.69, 9.17) is 0 Å². The molecule has 0 saturated carbocycles. The Hall–Kier alpha value is -0.640. The largest absolute Gasteiger partial charge is 0.327 e. The molecule has 0 radical (unpaired) electrons. The fourth-order valence-corrected chi connectivity index (χ4v) is 1.92. The van der Waals surface area contributed by atoms with Crippen molar-refractivity contribution in [3.05, 3.63) is 22.9 Å². The Morgan fingerprint density at radius 2 is 2.07 bits per heavy atom. The van der Waals surface area contributed by atoms with Crippen molar-refractivity contribution in [1.82, 2.24) is 9.13 Å². The van der Waals surface area contributed by atoms with Gasteiger partial charge in [-0.05, 0) is 17.6 Å². The molecule has 1 rings (SSSR count). The van der Waals surface area contributed by atoms with Gasteiger partial charge in [-0.3, -0.25) is 4.57 Å². The summed E-state index contributed by atoms with van der Waals surface area (Å²) in [6, 6.07) is 0. The summed E-state index contributed by atoms with van der Waals surface area (Å²) in [4.78, 5) is 11.5. The van der Waals surface area contributed by atoms with Gasteiger partial charge < -0.3 is 4.57 Å². The van der Waals surface area contributed by atoms with Gasteiger partial charge in [0.2, 0.25) is 0 Å². The zero-order valence-corrected chi connectivity index (χ0v) is 9.87. The van der Waals surface area contributed by atoms with Gasteiger partial charge in [0.15, 0.2) is 0 Å². The van der Waals surface area contributed by atoms with Crippen molar-refractivity contribution in [1.29, 1.82) is 0 Å². The molecule has 80 valence electrons. The number of hydrogen-bond donors (Lipinski definition) is 1. The molecule has 1 heterocycles. The molecule has 3 nitrogen and oxygen atoms in total. The maximum atomic E-state index is 11.5. The van der Waals surface area contributed by atoms with Crippen LogP contribution in [0, 0.1) is 11.8 Å². The van der Waals surface area contributed by atoms with Gasteiger partial charge in [0, 0.05) is 26.0 Å². The molecule has 0 aliphatic rings. The number of thiol groups is 1. The smallest absolute Gasteiger partial charge is 0.302 e. The maximum Gasteiger partial charge on any atom is 0.327 e. The first-order chi connectivity index (χ1) is 6.56. The van der Waals surface area contributed by atoms with E-state index in [-0.39, 0.29) is 5.69 Å². The third kappa shape index (κ3) is 2.44. The zero-order chi connectivity index (χ0) is 10.7. The lowest BCUT2D eigenvalue weighted by Gasteiger charge is -2.18. The number of aryl methyl sites for hydroxylation is 1. The highest BCUT2D eigenvalue weighted by molar-refractivity contribution is 7.80. The average molecular weight is 214 g/mol. The Morgan fingerprint density at radius 1 is 1.43 bits per heavy atom. The predicted octanol–water partition coefficient (Wildman–Crippen LogP) is 1.39. The minimum atomic E-state index is 0.0532. The predicted molar refractivity (Wildman–Crippen MR) is 61.9 cm³/mol. The summed E-state index contributed by atoms with van der Waals surface area (Å²) in [6.45, 7) is 5.09. The van der Waals surface area contributed by atoms with Crippen LogP contribution in [0.25, 0.3) is 0 Å². The highest BCUT2D eigenvalue weighted by Gasteiger charge is 2.13. The van der Waals surface area contributed by atoms with Crippen LogP contribution in [-0.4, -0.2) is 14.9 Å². The van der Waals surface area contributed by atoms with E-state index in [1.54, 1.807) is 22.4 Å². The molecule has 0 aromatic carbocycles. The van der Waals surface area contributed by atoms with Crippen LogP contribution in [0.15, 0.2) is 17.2 Å². The first-order valence-corrected chi connectivity index (χ1v) is 5.52.